The zero-order valence-corrected chi connectivity index (χ0v) is 15.7. The lowest BCUT2D eigenvalue weighted by molar-refractivity contribution is 0.109. The lowest BCUT2D eigenvalue weighted by atomic mass is 10.1. The number of rotatable bonds is 7. The summed E-state index contributed by atoms with van der Waals surface area (Å²) < 4.78 is 13.0. The van der Waals surface area contributed by atoms with E-state index in [-0.39, 0.29) is 5.15 Å². The summed E-state index contributed by atoms with van der Waals surface area (Å²) in [6.45, 7) is 8.00. The van der Waals surface area contributed by atoms with Crippen molar-refractivity contribution in [3.05, 3.63) is 34.5 Å². The van der Waals surface area contributed by atoms with E-state index in [0.717, 1.165) is 22.6 Å². The average molecular weight is 377 g/mol. The minimum atomic E-state index is 0.272. The molecule has 0 fully saturated rings. The quantitative estimate of drug-likeness (QED) is 0.499. The Labute approximate surface area is 156 Å². The van der Waals surface area contributed by atoms with Crippen LogP contribution in [0, 0.1) is 13.8 Å². The van der Waals surface area contributed by atoms with Crippen LogP contribution in [0.15, 0.2) is 12.5 Å². The van der Waals surface area contributed by atoms with Crippen LogP contribution in [0.1, 0.15) is 23.7 Å². The van der Waals surface area contributed by atoms with Crippen molar-refractivity contribution in [1.82, 2.24) is 24.5 Å². The van der Waals surface area contributed by atoms with Gasteiger partial charge in [-0.2, -0.15) is 0 Å². The zero-order valence-electron chi connectivity index (χ0n) is 15.0. The van der Waals surface area contributed by atoms with Gasteiger partial charge in [0, 0.05) is 23.9 Å². The number of nitrogen functional groups attached to an aromatic ring is 1. The molecule has 9 heteroatoms. The molecule has 8 nitrogen and oxygen atoms in total. The van der Waals surface area contributed by atoms with E-state index in [1.165, 1.54) is 6.33 Å². The maximum atomic E-state index is 6.08. The fourth-order valence-corrected chi connectivity index (χ4v) is 2.89. The number of hydrogen-bond acceptors (Lipinski definition) is 7. The molecule has 138 valence electrons. The largest absolute Gasteiger partial charge is 0.491 e. The lowest BCUT2D eigenvalue weighted by Crippen LogP contribution is -2.12. The predicted octanol–water partition coefficient (Wildman–Crippen LogP) is 2.54. The molecule has 0 spiro atoms. The zero-order chi connectivity index (χ0) is 18.7. The van der Waals surface area contributed by atoms with Gasteiger partial charge in [-0.3, -0.25) is 9.55 Å². The molecule has 0 amide bonds. The van der Waals surface area contributed by atoms with Gasteiger partial charge in [-0.15, -0.1) is 0 Å². The molecule has 3 aromatic heterocycles. The molecule has 26 heavy (non-hydrogen) atoms. The summed E-state index contributed by atoms with van der Waals surface area (Å²) in [5.41, 5.74) is 9.84. The number of halogens is 1. The molecule has 0 unspecified atom stereocenters. The van der Waals surface area contributed by atoms with E-state index in [4.69, 9.17) is 26.8 Å². The number of aromatic nitrogens is 5. The second-order valence-corrected chi connectivity index (χ2v) is 6.14. The summed E-state index contributed by atoms with van der Waals surface area (Å²) in [4.78, 5) is 17.0. The second-order valence-electron chi connectivity index (χ2n) is 5.78. The SMILES string of the molecule is CCOCCOc1c(C)cnc(Cn2c(N)nc3c(Cl)ncnc32)c1C. The van der Waals surface area contributed by atoms with Gasteiger partial charge in [0.2, 0.25) is 5.95 Å². The van der Waals surface area contributed by atoms with E-state index in [0.29, 0.717) is 43.5 Å². The average Bonchev–Trinajstić information content (AvgIpc) is 2.94. The van der Waals surface area contributed by atoms with Crippen molar-refractivity contribution >= 4 is 28.7 Å². The van der Waals surface area contributed by atoms with Crippen molar-refractivity contribution in [2.75, 3.05) is 25.6 Å². The summed E-state index contributed by atoms with van der Waals surface area (Å²) in [5, 5.41) is 0.272. The van der Waals surface area contributed by atoms with Crippen molar-refractivity contribution in [2.24, 2.45) is 0 Å². The Morgan fingerprint density at radius 2 is 2.00 bits per heavy atom. The van der Waals surface area contributed by atoms with E-state index >= 15 is 0 Å². The highest BCUT2D eigenvalue weighted by Crippen LogP contribution is 2.27. The molecule has 3 aromatic rings. The Bertz CT molecular complexity index is 927. The van der Waals surface area contributed by atoms with Crippen molar-refractivity contribution < 1.29 is 9.47 Å². The Morgan fingerprint density at radius 1 is 1.19 bits per heavy atom. The number of nitrogens with zero attached hydrogens (tertiary/aromatic N) is 5. The van der Waals surface area contributed by atoms with Crippen LogP contribution >= 0.6 is 11.6 Å². The highest BCUT2D eigenvalue weighted by molar-refractivity contribution is 6.33. The maximum absolute atomic E-state index is 6.08. The van der Waals surface area contributed by atoms with Crippen LogP contribution in [-0.4, -0.2) is 44.3 Å². The first-order chi connectivity index (χ1) is 12.5. The first-order valence-electron chi connectivity index (χ1n) is 8.30. The summed E-state index contributed by atoms with van der Waals surface area (Å²) >= 11 is 6.08. The van der Waals surface area contributed by atoms with E-state index in [1.807, 2.05) is 20.8 Å². The van der Waals surface area contributed by atoms with Crippen molar-refractivity contribution in [3.63, 3.8) is 0 Å². The number of pyridine rings is 1. The number of imidazole rings is 1. The van der Waals surface area contributed by atoms with E-state index in [9.17, 15) is 0 Å². The Kier molecular flexibility index (Phi) is 5.53. The van der Waals surface area contributed by atoms with Gasteiger partial charge < -0.3 is 15.2 Å². The van der Waals surface area contributed by atoms with Gasteiger partial charge in [0.15, 0.2) is 10.8 Å². The lowest BCUT2D eigenvalue weighted by Gasteiger charge is -2.15. The molecule has 0 aliphatic carbocycles. The smallest absolute Gasteiger partial charge is 0.202 e. The maximum Gasteiger partial charge on any atom is 0.202 e. The standard InChI is InChI=1S/C17H21ClN6O2/c1-4-25-5-6-26-14-10(2)7-20-12(11(14)3)8-24-16-13(23-17(24)19)15(18)21-9-22-16/h7,9H,4-6,8H2,1-3H3,(H2,19,23). The number of aryl methyl sites for hydroxylation is 1. The number of nitrogens with two attached hydrogens (primary N) is 1. The molecular formula is C17H21ClN6O2. The summed E-state index contributed by atoms with van der Waals surface area (Å²) in [7, 11) is 0. The molecular weight excluding hydrogens is 356 g/mol. The van der Waals surface area contributed by atoms with Gasteiger partial charge in [0.25, 0.3) is 0 Å². The predicted molar refractivity (Wildman–Crippen MR) is 99.5 cm³/mol. The van der Waals surface area contributed by atoms with Crippen LogP contribution in [0.2, 0.25) is 5.15 Å². The van der Waals surface area contributed by atoms with Gasteiger partial charge >= 0.3 is 0 Å². The number of ether oxygens (including phenoxy) is 2. The minimum Gasteiger partial charge on any atom is -0.491 e. The topological polar surface area (TPSA) is 101 Å². The summed E-state index contributed by atoms with van der Waals surface area (Å²) in [6, 6.07) is 0. The van der Waals surface area contributed by atoms with Gasteiger partial charge in [0.05, 0.1) is 18.8 Å². The Morgan fingerprint density at radius 3 is 2.77 bits per heavy atom. The third kappa shape index (κ3) is 3.56. The van der Waals surface area contributed by atoms with E-state index in [2.05, 4.69) is 19.9 Å². The van der Waals surface area contributed by atoms with Crippen LogP contribution in [-0.2, 0) is 11.3 Å². The molecule has 0 atom stereocenters. The molecule has 0 saturated heterocycles. The molecule has 0 aromatic carbocycles. The Balaban J connectivity index is 1.91. The van der Waals surface area contributed by atoms with Crippen LogP contribution in [0.3, 0.4) is 0 Å². The number of anilines is 1. The third-order valence-electron chi connectivity index (χ3n) is 4.05. The van der Waals surface area contributed by atoms with Gasteiger partial charge in [-0.1, -0.05) is 11.6 Å². The van der Waals surface area contributed by atoms with Crippen molar-refractivity contribution in [3.8, 4) is 5.75 Å². The first kappa shape index (κ1) is 18.3. The van der Waals surface area contributed by atoms with Gasteiger partial charge in [-0.05, 0) is 20.8 Å². The van der Waals surface area contributed by atoms with Crippen LogP contribution in [0.25, 0.3) is 11.2 Å². The summed E-state index contributed by atoms with van der Waals surface area (Å²) in [6.07, 6.45) is 3.18. The number of fused-ring (bicyclic) bond motifs is 1. The van der Waals surface area contributed by atoms with Crippen LogP contribution < -0.4 is 10.5 Å². The molecule has 0 radical (unpaired) electrons. The third-order valence-corrected chi connectivity index (χ3v) is 4.33. The molecule has 0 aliphatic rings. The van der Waals surface area contributed by atoms with E-state index < -0.39 is 0 Å². The minimum absolute atomic E-state index is 0.272. The van der Waals surface area contributed by atoms with Gasteiger partial charge in [-0.25, -0.2) is 15.0 Å². The van der Waals surface area contributed by atoms with Crippen molar-refractivity contribution in [1.29, 1.82) is 0 Å². The monoisotopic (exact) mass is 376 g/mol. The molecule has 2 N–H and O–H groups in total. The highest BCUT2D eigenvalue weighted by atomic mass is 35.5. The molecule has 0 saturated carbocycles. The fraction of sp³-hybridized carbons (Fsp3) is 0.412. The van der Waals surface area contributed by atoms with Crippen LogP contribution in [0.4, 0.5) is 5.95 Å². The molecule has 3 rings (SSSR count). The second kappa shape index (κ2) is 7.84. The molecule has 3 heterocycles. The Hall–Kier alpha value is -2.45. The van der Waals surface area contributed by atoms with E-state index in [1.54, 1.807) is 10.8 Å². The van der Waals surface area contributed by atoms with Crippen molar-refractivity contribution in [2.45, 2.75) is 27.3 Å². The van der Waals surface area contributed by atoms with Gasteiger partial charge in [0.1, 0.15) is 24.2 Å². The highest BCUT2D eigenvalue weighted by Gasteiger charge is 2.17. The molecule has 0 aliphatic heterocycles. The number of hydrogen-bond donors (Lipinski definition) is 1. The normalized spacial score (nSPS) is 11.2. The first-order valence-corrected chi connectivity index (χ1v) is 8.68. The molecule has 0 bridgehead atoms. The fourth-order valence-electron chi connectivity index (χ4n) is 2.72. The summed E-state index contributed by atoms with van der Waals surface area (Å²) in [5.74, 6) is 1.12. The van der Waals surface area contributed by atoms with Crippen LogP contribution in [0.5, 0.6) is 5.75 Å².